The maximum absolute atomic E-state index is 4.08. The van der Waals surface area contributed by atoms with Crippen LogP contribution in [0.2, 0.25) is 0 Å². The minimum atomic E-state index is 1.12. The Morgan fingerprint density at radius 3 is 2.20 bits per heavy atom. The molecule has 1 heterocycles. The fourth-order valence-electron chi connectivity index (χ4n) is 0.565. The van der Waals surface area contributed by atoms with Gasteiger partial charge >= 0.3 is 0 Å². The maximum atomic E-state index is 4.08. The quantitative estimate of drug-likeness (QED) is 0.523. The summed E-state index contributed by atoms with van der Waals surface area (Å²) in [7, 11) is 2.42. The molecule has 1 unspecified atom stereocenters. The average molecular weight is 155 g/mol. The lowest BCUT2D eigenvalue weighted by atomic mass is 10.2. The van der Waals surface area contributed by atoms with E-state index in [-0.39, 0.29) is 0 Å². The zero-order valence-electron chi connectivity index (χ0n) is 6.76. The van der Waals surface area contributed by atoms with Crippen LogP contribution in [0.4, 0.5) is 0 Å². The number of rotatable bonds is 0. The van der Waals surface area contributed by atoms with E-state index >= 15 is 0 Å². The molecular formula is C8H14NP. The van der Waals surface area contributed by atoms with Crippen LogP contribution in [-0.4, -0.2) is 11.6 Å². The van der Waals surface area contributed by atoms with Crippen LogP contribution in [0.15, 0.2) is 18.3 Å². The zero-order chi connectivity index (χ0) is 7.98. The molecule has 0 amide bonds. The van der Waals surface area contributed by atoms with E-state index in [1.807, 2.05) is 25.9 Å². The summed E-state index contributed by atoms with van der Waals surface area (Å²) < 4.78 is 0. The second-order valence-electron chi connectivity index (χ2n) is 1.91. The fourth-order valence-corrected chi connectivity index (χ4v) is 0.565. The van der Waals surface area contributed by atoms with E-state index in [9.17, 15) is 0 Å². The molecule has 0 aliphatic rings. The number of hydrogen-bond acceptors (Lipinski definition) is 1. The lowest BCUT2D eigenvalue weighted by Gasteiger charge is -1.92. The standard InChI is InChI=1S/C7H9N.CH5P/c1-6-4-3-5-8-7(6)2;1-2/h3-5H,1-2H3;2H2,1H3. The Hall–Kier alpha value is -0.420. The summed E-state index contributed by atoms with van der Waals surface area (Å²) >= 11 is 0. The molecule has 1 nitrogen and oxygen atoms in total. The normalized spacial score (nSPS) is 8.00. The second kappa shape index (κ2) is 5.37. The van der Waals surface area contributed by atoms with Gasteiger partial charge in [-0.15, -0.1) is 9.24 Å². The van der Waals surface area contributed by atoms with E-state index in [4.69, 9.17) is 0 Å². The zero-order valence-corrected chi connectivity index (χ0v) is 7.91. The van der Waals surface area contributed by atoms with E-state index in [2.05, 4.69) is 27.2 Å². The summed E-state index contributed by atoms with van der Waals surface area (Å²) in [6, 6.07) is 4.00. The van der Waals surface area contributed by atoms with Gasteiger partial charge in [0.2, 0.25) is 0 Å². The third kappa shape index (κ3) is 2.93. The number of aryl methyl sites for hydroxylation is 2. The molecule has 0 spiro atoms. The highest BCUT2D eigenvalue weighted by Crippen LogP contribution is 1.98. The fraction of sp³-hybridized carbons (Fsp3) is 0.375. The molecule has 1 rings (SSSR count). The maximum Gasteiger partial charge on any atom is 0.0401 e. The van der Waals surface area contributed by atoms with Crippen molar-refractivity contribution >= 4 is 9.24 Å². The summed E-state index contributed by atoms with van der Waals surface area (Å²) in [6.07, 6.45) is 1.81. The van der Waals surface area contributed by atoms with E-state index in [0.29, 0.717) is 0 Å². The lowest BCUT2D eigenvalue weighted by molar-refractivity contribution is 1.15. The minimum absolute atomic E-state index is 1.12. The number of hydrogen-bond donors (Lipinski definition) is 0. The second-order valence-corrected chi connectivity index (χ2v) is 1.91. The molecule has 0 fully saturated rings. The monoisotopic (exact) mass is 155 g/mol. The third-order valence-corrected chi connectivity index (χ3v) is 1.27. The molecule has 0 aliphatic carbocycles. The van der Waals surface area contributed by atoms with Crippen LogP contribution in [-0.2, 0) is 0 Å². The Kier molecular flexibility index (Phi) is 5.15. The van der Waals surface area contributed by atoms with Gasteiger partial charge in [0.1, 0.15) is 0 Å². The summed E-state index contributed by atoms with van der Waals surface area (Å²) in [4.78, 5) is 4.08. The largest absolute Gasteiger partial charge is 0.261 e. The number of aromatic nitrogens is 1. The van der Waals surface area contributed by atoms with Crippen LogP contribution in [0.3, 0.4) is 0 Å². The number of nitrogens with zero attached hydrogens (tertiary/aromatic N) is 1. The molecular weight excluding hydrogens is 141 g/mol. The van der Waals surface area contributed by atoms with Crippen molar-refractivity contribution in [1.29, 1.82) is 0 Å². The van der Waals surface area contributed by atoms with Gasteiger partial charge in [-0.05, 0) is 25.5 Å². The van der Waals surface area contributed by atoms with Crippen LogP contribution in [0.1, 0.15) is 11.3 Å². The first-order valence-corrected chi connectivity index (χ1v) is 4.42. The van der Waals surface area contributed by atoms with Crippen molar-refractivity contribution < 1.29 is 0 Å². The van der Waals surface area contributed by atoms with Crippen molar-refractivity contribution in [3.8, 4) is 0 Å². The van der Waals surface area contributed by atoms with Crippen LogP contribution in [0.25, 0.3) is 0 Å². The molecule has 0 saturated carbocycles. The summed E-state index contributed by atoms with van der Waals surface area (Å²) in [5, 5.41) is 0. The molecule has 0 bridgehead atoms. The van der Waals surface area contributed by atoms with Gasteiger partial charge < -0.3 is 0 Å². The van der Waals surface area contributed by atoms with E-state index in [1.54, 1.807) is 0 Å². The van der Waals surface area contributed by atoms with Gasteiger partial charge in [-0.2, -0.15) is 0 Å². The third-order valence-electron chi connectivity index (χ3n) is 1.27. The Balaban J connectivity index is 0.000000371. The van der Waals surface area contributed by atoms with Gasteiger partial charge in [0.05, 0.1) is 0 Å². The molecule has 56 valence electrons. The molecule has 1 atom stereocenters. The van der Waals surface area contributed by atoms with Crippen LogP contribution in [0.5, 0.6) is 0 Å². The molecule has 0 N–H and O–H groups in total. The Morgan fingerprint density at radius 2 is 1.90 bits per heavy atom. The Morgan fingerprint density at radius 1 is 1.30 bits per heavy atom. The van der Waals surface area contributed by atoms with Gasteiger partial charge in [0, 0.05) is 11.9 Å². The highest BCUT2D eigenvalue weighted by Gasteiger charge is 1.85. The van der Waals surface area contributed by atoms with Crippen molar-refractivity contribution in [1.82, 2.24) is 4.98 Å². The molecule has 0 aliphatic heterocycles. The highest BCUT2D eigenvalue weighted by molar-refractivity contribution is 7.15. The molecule has 2 heteroatoms. The summed E-state index contributed by atoms with van der Waals surface area (Å²) in [5.41, 5.74) is 2.38. The minimum Gasteiger partial charge on any atom is -0.261 e. The predicted octanol–water partition coefficient (Wildman–Crippen LogP) is 2.19. The van der Waals surface area contributed by atoms with Crippen LogP contribution < -0.4 is 0 Å². The first-order valence-electron chi connectivity index (χ1n) is 3.26. The highest BCUT2D eigenvalue weighted by atomic mass is 31.0. The van der Waals surface area contributed by atoms with E-state index in [1.165, 1.54) is 5.56 Å². The topological polar surface area (TPSA) is 12.9 Å². The molecule has 0 saturated heterocycles. The van der Waals surface area contributed by atoms with Gasteiger partial charge in [-0.1, -0.05) is 12.7 Å². The van der Waals surface area contributed by atoms with Gasteiger partial charge in [-0.3, -0.25) is 4.98 Å². The summed E-state index contributed by atoms with van der Waals surface area (Å²) in [6.45, 7) is 5.98. The molecule has 1 aromatic heterocycles. The van der Waals surface area contributed by atoms with E-state index < -0.39 is 0 Å². The van der Waals surface area contributed by atoms with Gasteiger partial charge in [0.15, 0.2) is 0 Å². The Labute approximate surface area is 65.1 Å². The molecule has 10 heavy (non-hydrogen) atoms. The van der Waals surface area contributed by atoms with Crippen molar-refractivity contribution in [3.63, 3.8) is 0 Å². The average Bonchev–Trinajstić information content (AvgIpc) is 2.00. The first kappa shape index (κ1) is 9.58. The first-order chi connectivity index (χ1) is 4.80. The lowest BCUT2D eigenvalue weighted by Crippen LogP contribution is -1.81. The van der Waals surface area contributed by atoms with Gasteiger partial charge in [-0.25, -0.2) is 0 Å². The number of pyridine rings is 1. The van der Waals surface area contributed by atoms with Crippen LogP contribution >= 0.6 is 9.24 Å². The molecule has 0 aromatic carbocycles. The van der Waals surface area contributed by atoms with Crippen LogP contribution in [0, 0.1) is 13.8 Å². The SMILES string of the molecule is CP.Cc1cccnc1C. The van der Waals surface area contributed by atoms with Crippen molar-refractivity contribution in [3.05, 3.63) is 29.6 Å². The smallest absolute Gasteiger partial charge is 0.0401 e. The predicted molar refractivity (Wildman–Crippen MR) is 49.3 cm³/mol. The molecule has 1 aromatic rings. The molecule has 0 radical (unpaired) electrons. The summed E-state index contributed by atoms with van der Waals surface area (Å²) in [5.74, 6) is 0. The van der Waals surface area contributed by atoms with Crippen molar-refractivity contribution in [2.24, 2.45) is 0 Å². The Bertz CT molecular complexity index is 165. The van der Waals surface area contributed by atoms with Crippen molar-refractivity contribution in [2.75, 3.05) is 6.66 Å². The van der Waals surface area contributed by atoms with E-state index in [0.717, 1.165) is 5.69 Å². The van der Waals surface area contributed by atoms with Gasteiger partial charge in [0.25, 0.3) is 0 Å². The van der Waals surface area contributed by atoms with Crippen molar-refractivity contribution in [2.45, 2.75) is 13.8 Å².